The van der Waals surface area contributed by atoms with Gasteiger partial charge in [-0.25, -0.2) is 14.4 Å². The van der Waals surface area contributed by atoms with Crippen LogP contribution in [0.25, 0.3) is 11.0 Å². The molecule has 4 aromatic rings. The van der Waals surface area contributed by atoms with Gasteiger partial charge in [0.05, 0.1) is 29.0 Å². The van der Waals surface area contributed by atoms with Gasteiger partial charge in [-0.2, -0.15) is 13.2 Å². The first-order valence-electron chi connectivity index (χ1n) is 11.6. The molecule has 1 aliphatic rings. The van der Waals surface area contributed by atoms with E-state index in [-0.39, 0.29) is 24.0 Å². The molecule has 0 unspecified atom stereocenters. The van der Waals surface area contributed by atoms with Crippen molar-refractivity contribution < 1.29 is 17.6 Å². The third kappa shape index (κ3) is 4.43. The maximum absolute atomic E-state index is 14.5. The number of anilines is 1. The molecule has 3 heterocycles. The van der Waals surface area contributed by atoms with Crippen LogP contribution in [0.1, 0.15) is 41.4 Å². The summed E-state index contributed by atoms with van der Waals surface area (Å²) in [5.74, 6) is -0.496. The first-order chi connectivity index (χ1) is 17.2. The Hall–Kier alpha value is -3.82. The van der Waals surface area contributed by atoms with E-state index in [0.29, 0.717) is 48.3 Å². The van der Waals surface area contributed by atoms with Gasteiger partial charge in [0, 0.05) is 31.4 Å². The van der Waals surface area contributed by atoms with Crippen LogP contribution in [0.2, 0.25) is 0 Å². The zero-order chi connectivity index (χ0) is 25.4. The van der Waals surface area contributed by atoms with Crippen LogP contribution < -0.4 is 10.5 Å². The van der Waals surface area contributed by atoms with E-state index in [1.807, 2.05) is 17.9 Å². The van der Waals surface area contributed by atoms with Crippen molar-refractivity contribution in [2.75, 3.05) is 18.0 Å². The van der Waals surface area contributed by atoms with E-state index in [4.69, 9.17) is 0 Å². The van der Waals surface area contributed by atoms with Gasteiger partial charge in [0.1, 0.15) is 11.5 Å². The van der Waals surface area contributed by atoms with Gasteiger partial charge in [0.15, 0.2) is 5.69 Å². The Morgan fingerprint density at radius 3 is 2.44 bits per heavy atom. The fourth-order valence-corrected chi connectivity index (χ4v) is 4.90. The van der Waals surface area contributed by atoms with Gasteiger partial charge in [-0.1, -0.05) is 24.3 Å². The van der Waals surface area contributed by atoms with Crippen molar-refractivity contribution in [3.05, 3.63) is 93.7 Å². The van der Waals surface area contributed by atoms with Gasteiger partial charge in [-0.05, 0) is 43.5 Å². The predicted octanol–water partition coefficient (Wildman–Crippen LogP) is 5.09. The average Bonchev–Trinajstić information content (AvgIpc) is 2.86. The molecule has 0 aliphatic carbocycles. The van der Waals surface area contributed by atoms with Crippen LogP contribution in [-0.2, 0) is 12.7 Å². The van der Waals surface area contributed by atoms with Gasteiger partial charge >= 0.3 is 6.18 Å². The lowest BCUT2D eigenvalue weighted by molar-refractivity contribution is -0.142. The summed E-state index contributed by atoms with van der Waals surface area (Å²) in [7, 11) is 0. The molecule has 1 fully saturated rings. The highest BCUT2D eigenvalue weighted by atomic mass is 19.4. The Bertz CT molecular complexity index is 1460. The van der Waals surface area contributed by atoms with E-state index in [1.165, 1.54) is 16.8 Å². The van der Waals surface area contributed by atoms with Crippen molar-refractivity contribution in [2.24, 2.45) is 0 Å². The minimum Gasteiger partial charge on any atom is -0.369 e. The SMILES string of the molecule is Cc1cccc(F)c1N1CCC(c2nc3ccccc3n(Cc3nccnc3C(F)(F)F)c2=O)CC1. The van der Waals surface area contributed by atoms with Crippen molar-refractivity contribution in [3.63, 3.8) is 0 Å². The fraction of sp³-hybridized carbons (Fsp3) is 0.308. The lowest BCUT2D eigenvalue weighted by atomic mass is 9.92. The van der Waals surface area contributed by atoms with Crippen LogP contribution in [0.4, 0.5) is 23.2 Å². The van der Waals surface area contributed by atoms with E-state index in [0.717, 1.165) is 11.8 Å². The molecule has 2 aromatic heterocycles. The van der Waals surface area contributed by atoms with E-state index in [9.17, 15) is 22.4 Å². The minimum absolute atomic E-state index is 0.208. The highest BCUT2D eigenvalue weighted by Crippen LogP contribution is 2.33. The van der Waals surface area contributed by atoms with E-state index >= 15 is 0 Å². The third-order valence-electron chi connectivity index (χ3n) is 6.61. The molecule has 2 aromatic carbocycles. The average molecular weight is 497 g/mol. The van der Waals surface area contributed by atoms with Crippen LogP contribution in [0.5, 0.6) is 0 Å². The number of aryl methyl sites for hydroxylation is 1. The number of aromatic nitrogens is 4. The van der Waals surface area contributed by atoms with Crippen LogP contribution in [0.15, 0.2) is 59.7 Å². The lowest BCUT2D eigenvalue weighted by Crippen LogP contribution is -2.37. The molecule has 0 radical (unpaired) electrons. The first kappa shape index (κ1) is 23.9. The van der Waals surface area contributed by atoms with Gasteiger partial charge in [0.2, 0.25) is 0 Å². The minimum atomic E-state index is -4.70. The van der Waals surface area contributed by atoms with Crippen LogP contribution in [-0.4, -0.2) is 32.6 Å². The molecule has 36 heavy (non-hydrogen) atoms. The molecule has 0 saturated carbocycles. The number of rotatable bonds is 4. The van der Waals surface area contributed by atoms with Crippen molar-refractivity contribution in [1.82, 2.24) is 19.5 Å². The summed E-state index contributed by atoms with van der Waals surface area (Å²) in [6.45, 7) is 2.53. The van der Waals surface area contributed by atoms with Gasteiger partial charge in [0.25, 0.3) is 5.56 Å². The second kappa shape index (κ2) is 9.33. The summed E-state index contributed by atoms with van der Waals surface area (Å²) in [4.78, 5) is 27.5. The molecule has 1 aliphatic heterocycles. The Morgan fingerprint density at radius 1 is 1.00 bits per heavy atom. The maximum atomic E-state index is 14.5. The van der Waals surface area contributed by atoms with Gasteiger partial charge < -0.3 is 4.90 Å². The Morgan fingerprint density at radius 2 is 1.72 bits per heavy atom. The normalized spacial score (nSPS) is 15.0. The molecule has 0 atom stereocenters. The number of fused-ring (bicyclic) bond motifs is 1. The van der Waals surface area contributed by atoms with Crippen molar-refractivity contribution in [1.29, 1.82) is 0 Å². The van der Waals surface area contributed by atoms with Crippen LogP contribution in [0.3, 0.4) is 0 Å². The molecule has 186 valence electrons. The summed E-state index contributed by atoms with van der Waals surface area (Å²) < 4.78 is 56.4. The number of para-hydroxylation sites is 3. The summed E-state index contributed by atoms with van der Waals surface area (Å²) in [6, 6.07) is 11.8. The largest absolute Gasteiger partial charge is 0.435 e. The number of benzene rings is 2. The quantitative estimate of drug-likeness (QED) is 0.368. The van der Waals surface area contributed by atoms with E-state index in [2.05, 4.69) is 15.0 Å². The fourth-order valence-electron chi connectivity index (χ4n) is 4.90. The molecule has 0 N–H and O–H groups in total. The van der Waals surface area contributed by atoms with Crippen molar-refractivity contribution in [3.8, 4) is 0 Å². The summed E-state index contributed by atoms with van der Waals surface area (Å²) in [5.41, 5.74) is 0.726. The standard InChI is InChI=1S/C26H23F4N5O/c1-16-5-4-6-18(27)23(16)34-13-9-17(10-14-34)22-25(36)35(21-8-3-2-7-19(21)33-22)15-20-24(26(28,29)30)32-12-11-31-20/h2-8,11-12,17H,9-10,13-15H2,1H3. The predicted molar refractivity (Wildman–Crippen MR) is 127 cm³/mol. The molecular formula is C26H23F4N5O. The number of hydrogen-bond donors (Lipinski definition) is 0. The summed E-state index contributed by atoms with van der Waals surface area (Å²) >= 11 is 0. The Balaban J connectivity index is 1.51. The molecule has 0 amide bonds. The highest BCUT2D eigenvalue weighted by molar-refractivity contribution is 5.74. The van der Waals surface area contributed by atoms with Gasteiger partial charge in [-0.15, -0.1) is 0 Å². The molecule has 10 heteroatoms. The zero-order valence-corrected chi connectivity index (χ0v) is 19.5. The Kier molecular flexibility index (Phi) is 6.19. The molecular weight excluding hydrogens is 474 g/mol. The van der Waals surface area contributed by atoms with E-state index < -0.39 is 17.4 Å². The number of piperidine rings is 1. The van der Waals surface area contributed by atoms with Gasteiger partial charge in [-0.3, -0.25) is 14.3 Å². The monoisotopic (exact) mass is 497 g/mol. The first-order valence-corrected chi connectivity index (χ1v) is 11.6. The summed E-state index contributed by atoms with van der Waals surface area (Å²) in [6.07, 6.45) is -1.41. The number of hydrogen-bond acceptors (Lipinski definition) is 5. The summed E-state index contributed by atoms with van der Waals surface area (Å²) in [5, 5.41) is 0. The van der Waals surface area contributed by atoms with E-state index in [1.54, 1.807) is 30.3 Å². The number of halogens is 4. The molecule has 6 nitrogen and oxygen atoms in total. The lowest BCUT2D eigenvalue weighted by Gasteiger charge is -2.34. The third-order valence-corrected chi connectivity index (χ3v) is 6.61. The maximum Gasteiger partial charge on any atom is 0.435 e. The topological polar surface area (TPSA) is 63.9 Å². The van der Waals surface area contributed by atoms with Crippen LogP contribution in [0, 0.1) is 12.7 Å². The number of nitrogens with zero attached hydrogens (tertiary/aromatic N) is 5. The molecule has 0 bridgehead atoms. The second-order valence-electron chi connectivity index (χ2n) is 8.89. The molecule has 1 saturated heterocycles. The number of alkyl halides is 3. The zero-order valence-electron chi connectivity index (χ0n) is 19.5. The van der Waals surface area contributed by atoms with Crippen LogP contribution >= 0.6 is 0 Å². The molecule has 0 spiro atoms. The van der Waals surface area contributed by atoms with Crippen molar-refractivity contribution in [2.45, 2.75) is 38.4 Å². The Labute approximate surface area is 204 Å². The smallest absolute Gasteiger partial charge is 0.369 e. The second-order valence-corrected chi connectivity index (χ2v) is 8.89. The van der Waals surface area contributed by atoms with Crippen molar-refractivity contribution >= 4 is 16.7 Å². The molecule has 5 rings (SSSR count). The highest BCUT2D eigenvalue weighted by Gasteiger charge is 2.36.